The highest BCUT2D eigenvalue weighted by Crippen LogP contribution is 2.18. The molecule has 2 rings (SSSR count). The molecule has 0 aliphatic rings. The topological polar surface area (TPSA) is 34.1 Å². The maximum absolute atomic E-state index is 12.0. The predicted octanol–water partition coefficient (Wildman–Crippen LogP) is 3.90. The second-order valence-electron chi connectivity index (χ2n) is 3.87. The van der Waals surface area contributed by atoms with Crippen LogP contribution in [0.3, 0.4) is 0 Å². The molecule has 0 N–H and O–H groups in total. The Morgan fingerprint density at radius 2 is 1.44 bits per heavy atom. The van der Waals surface area contributed by atoms with Crippen molar-refractivity contribution in [1.82, 2.24) is 0 Å². The maximum atomic E-state index is 12.0. The van der Waals surface area contributed by atoms with Gasteiger partial charge < -0.3 is 0 Å². The molecule has 90 valence electrons. The van der Waals surface area contributed by atoms with Crippen molar-refractivity contribution in [3.63, 3.8) is 0 Å². The molecular weight excluding hydrogens is 292 g/mol. The van der Waals surface area contributed by atoms with Gasteiger partial charge in [-0.3, -0.25) is 9.59 Å². The molecule has 0 saturated heterocycles. The third-order valence-corrected chi connectivity index (χ3v) is 3.28. The Morgan fingerprint density at radius 3 is 2.11 bits per heavy atom. The summed E-state index contributed by atoms with van der Waals surface area (Å²) in [6.07, 6.45) is -0.105. The quantitative estimate of drug-likeness (QED) is 0.634. The maximum Gasteiger partial charge on any atom is 0.171 e. The van der Waals surface area contributed by atoms with E-state index in [2.05, 4.69) is 15.9 Å². The number of carbonyl (C=O) groups excluding carboxylic acids is 2. The van der Waals surface area contributed by atoms with Crippen molar-refractivity contribution in [2.45, 2.75) is 6.42 Å². The highest BCUT2D eigenvalue weighted by atomic mass is 79.9. The van der Waals surface area contributed by atoms with Crippen LogP contribution in [0, 0.1) is 0 Å². The molecule has 0 unspecified atom stereocenters. The summed E-state index contributed by atoms with van der Waals surface area (Å²) < 4.78 is 0.718. The molecule has 0 atom stereocenters. The third-order valence-electron chi connectivity index (χ3n) is 2.59. The van der Waals surface area contributed by atoms with Crippen LogP contribution >= 0.6 is 15.9 Å². The number of halogens is 1. The van der Waals surface area contributed by atoms with E-state index in [1.165, 1.54) is 0 Å². The fourth-order valence-corrected chi connectivity index (χ4v) is 2.16. The smallest absolute Gasteiger partial charge is 0.171 e. The lowest BCUT2D eigenvalue weighted by Crippen LogP contribution is -2.09. The zero-order valence-electron chi connectivity index (χ0n) is 9.60. The molecule has 0 aromatic heterocycles. The molecule has 2 nitrogen and oxygen atoms in total. The lowest BCUT2D eigenvalue weighted by molar-refractivity contribution is 0.0894. The van der Waals surface area contributed by atoms with Gasteiger partial charge in [-0.25, -0.2) is 0 Å². The van der Waals surface area contributed by atoms with E-state index in [1.54, 1.807) is 42.5 Å². The minimum atomic E-state index is -0.170. The minimum Gasteiger partial charge on any atom is -0.294 e. The number of hydrogen-bond acceptors (Lipinski definition) is 2. The van der Waals surface area contributed by atoms with Gasteiger partial charge in [0, 0.05) is 15.6 Å². The van der Waals surface area contributed by atoms with Crippen LogP contribution in [0.4, 0.5) is 0 Å². The van der Waals surface area contributed by atoms with Crippen LogP contribution in [0.5, 0.6) is 0 Å². The van der Waals surface area contributed by atoms with E-state index >= 15 is 0 Å². The molecule has 0 spiro atoms. The molecule has 0 heterocycles. The Balaban J connectivity index is 2.14. The van der Waals surface area contributed by atoms with Gasteiger partial charge in [0.2, 0.25) is 0 Å². The van der Waals surface area contributed by atoms with Crippen LogP contribution in [0.1, 0.15) is 27.1 Å². The Morgan fingerprint density at radius 1 is 0.833 bits per heavy atom. The van der Waals surface area contributed by atoms with E-state index in [0.717, 1.165) is 4.47 Å². The molecule has 0 radical (unpaired) electrons. The normalized spacial score (nSPS) is 10.1. The molecular formula is C15H11BrO2. The predicted molar refractivity (Wildman–Crippen MR) is 73.9 cm³/mol. The molecule has 18 heavy (non-hydrogen) atoms. The zero-order valence-corrected chi connectivity index (χ0v) is 11.2. The summed E-state index contributed by atoms with van der Waals surface area (Å²) in [6, 6.07) is 16.0. The summed E-state index contributed by atoms with van der Waals surface area (Å²) in [5.74, 6) is -0.326. The molecule has 2 aromatic carbocycles. The fourth-order valence-electron chi connectivity index (χ4n) is 1.65. The standard InChI is InChI=1S/C15H11BrO2/c16-13-9-5-4-8-12(13)15(18)10-14(17)11-6-2-1-3-7-11/h1-9H,10H2. The van der Waals surface area contributed by atoms with Gasteiger partial charge in [0.15, 0.2) is 11.6 Å². The van der Waals surface area contributed by atoms with E-state index in [9.17, 15) is 9.59 Å². The molecule has 0 fully saturated rings. The fraction of sp³-hybridized carbons (Fsp3) is 0.0667. The summed E-state index contributed by atoms with van der Waals surface area (Å²) in [5.41, 5.74) is 1.11. The van der Waals surface area contributed by atoms with Crippen molar-refractivity contribution in [2.24, 2.45) is 0 Å². The van der Waals surface area contributed by atoms with Crippen LogP contribution in [-0.2, 0) is 0 Å². The molecule has 0 saturated carbocycles. The Hall–Kier alpha value is -1.74. The molecule has 0 bridgehead atoms. The second-order valence-corrected chi connectivity index (χ2v) is 4.72. The van der Waals surface area contributed by atoms with Crippen molar-refractivity contribution in [2.75, 3.05) is 0 Å². The van der Waals surface area contributed by atoms with Gasteiger partial charge in [-0.1, -0.05) is 64.5 Å². The molecule has 0 aliphatic heterocycles. The van der Waals surface area contributed by atoms with Gasteiger partial charge in [-0.2, -0.15) is 0 Å². The number of Topliss-reactive ketones (excluding diaryl/α,β-unsaturated/α-hetero) is 2. The molecule has 3 heteroatoms. The first-order valence-electron chi connectivity index (χ1n) is 5.54. The van der Waals surface area contributed by atoms with E-state index in [-0.39, 0.29) is 18.0 Å². The van der Waals surface area contributed by atoms with Crippen LogP contribution < -0.4 is 0 Å². The first-order valence-corrected chi connectivity index (χ1v) is 6.34. The van der Waals surface area contributed by atoms with Crippen LogP contribution in [0.15, 0.2) is 59.1 Å². The Bertz CT molecular complexity index is 576. The van der Waals surface area contributed by atoms with Gasteiger partial charge in [0.05, 0.1) is 6.42 Å². The van der Waals surface area contributed by atoms with Gasteiger partial charge in [-0.15, -0.1) is 0 Å². The number of ketones is 2. The lowest BCUT2D eigenvalue weighted by atomic mass is 10.0. The highest BCUT2D eigenvalue weighted by molar-refractivity contribution is 9.10. The number of hydrogen-bond donors (Lipinski definition) is 0. The SMILES string of the molecule is O=C(CC(=O)c1ccccc1Br)c1ccccc1. The van der Waals surface area contributed by atoms with E-state index in [4.69, 9.17) is 0 Å². The summed E-state index contributed by atoms with van der Waals surface area (Å²) in [7, 11) is 0. The number of carbonyl (C=O) groups is 2. The van der Waals surface area contributed by atoms with E-state index < -0.39 is 0 Å². The Kier molecular flexibility index (Phi) is 4.05. The Labute approximate surface area is 114 Å². The van der Waals surface area contributed by atoms with Crippen molar-refractivity contribution in [3.8, 4) is 0 Å². The summed E-state index contributed by atoms with van der Waals surface area (Å²) in [4.78, 5) is 23.9. The number of rotatable bonds is 4. The van der Waals surface area contributed by atoms with Crippen LogP contribution in [-0.4, -0.2) is 11.6 Å². The molecule has 2 aromatic rings. The monoisotopic (exact) mass is 302 g/mol. The van der Waals surface area contributed by atoms with Crippen LogP contribution in [0.25, 0.3) is 0 Å². The van der Waals surface area contributed by atoms with Crippen LogP contribution in [0.2, 0.25) is 0 Å². The highest BCUT2D eigenvalue weighted by Gasteiger charge is 2.15. The van der Waals surface area contributed by atoms with Gasteiger partial charge >= 0.3 is 0 Å². The van der Waals surface area contributed by atoms with E-state index in [1.807, 2.05) is 12.1 Å². The summed E-state index contributed by atoms with van der Waals surface area (Å²) >= 11 is 3.31. The van der Waals surface area contributed by atoms with Crippen molar-refractivity contribution in [1.29, 1.82) is 0 Å². The van der Waals surface area contributed by atoms with Crippen molar-refractivity contribution >= 4 is 27.5 Å². The van der Waals surface area contributed by atoms with E-state index in [0.29, 0.717) is 11.1 Å². The summed E-state index contributed by atoms with van der Waals surface area (Å²) in [6.45, 7) is 0. The largest absolute Gasteiger partial charge is 0.294 e. The average molecular weight is 303 g/mol. The van der Waals surface area contributed by atoms with Gasteiger partial charge in [-0.05, 0) is 6.07 Å². The molecule has 0 aliphatic carbocycles. The number of benzene rings is 2. The van der Waals surface area contributed by atoms with Crippen molar-refractivity contribution in [3.05, 3.63) is 70.2 Å². The molecule has 0 amide bonds. The summed E-state index contributed by atoms with van der Waals surface area (Å²) in [5, 5.41) is 0. The van der Waals surface area contributed by atoms with Crippen molar-refractivity contribution < 1.29 is 9.59 Å². The third kappa shape index (κ3) is 2.93. The zero-order chi connectivity index (χ0) is 13.0. The average Bonchev–Trinajstić information content (AvgIpc) is 2.40. The minimum absolute atomic E-state index is 0.105. The first-order chi connectivity index (χ1) is 8.68. The van der Waals surface area contributed by atoms with Gasteiger partial charge in [0.1, 0.15) is 0 Å². The first kappa shape index (κ1) is 12.7. The lowest BCUT2D eigenvalue weighted by Gasteiger charge is -2.03. The van der Waals surface area contributed by atoms with Gasteiger partial charge in [0.25, 0.3) is 0 Å². The second kappa shape index (κ2) is 5.74.